The van der Waals surface area contributed by atoms with E-state index in [0.717, 1.165) is 0 Å². The van der Waals surface area contributed by atoms with Crippen molar-refractivity contribution in [1.29, 1.82) is 0 Å². The van der Waals surface area contributed by atoms with Crippen molar-refractivity contribution in [3.05, 3.63) is 42.7 Å². The van der Waals surface area contributed by atoms with E-state index in [2.05, 4.69) is 14.3 Å². The normalized spacial score (nSPS) is 13.8. The van der Waals surface area contributed by atoms with Crippen LogP contribution in [0.2, 0.25) is 0 Å². The molecule has 0 aliphatic heterocycles. The van der Waals surface area contributed by atoms with E-state index in [1.807, 2.05) is 0 Å². The van der Waals surface area contributed by atoms with Crippen LogP contribution in [0, 0.1) is 0 Å². The van der Waals surface area contributed by atoms with Gasteiger partial charge in [0.05, 0.1) is 34.8 Å². The lowest BCUT2D eigenvalue weighted by Crippen LogP contribution is -2.15. The summed E-state index contributed by atoms with van der Waals surface area (Å²) >= 11 is 0. The molecule has 9 nitrogen and oxygen atoms in total. The maximum atomic E-state index is 13.9. The Morgan fingerprint density at radius 3 is 2.17 bits per heavy atom. The molecule has 30 heavy (non-hydrogen) atoms. The third-order valence-electron chi connectivity index (χ3n) is 4.49. The van der Waals surface area contributed by atoms with E-state index in [9.17, 15) is 18.6 Å². The van der Waals surface area contributed by atoms with Gasteiger partial charge in [-0.25, -0.2) is 14.2 Å². The zero-order chi connectivity index (χ0) is 22.1. The second-order valence-electron chi connectivity index (χ2n) is 6.67. The molecule has 0 radical (unpaired) electrons. The summed E-state index contributed by atoms with van der Waals surface area (Å²) in [4.78, 5) is 27.4. The Morgan fingerprint density at radius 1 is 1.03 bits per heavy atom. The maximum absolute atomic E-state index is 13.9. The molecular formula is C19H22N3O6PS. The second kappa shape index (κ2) is 8.31. The molecule has 1 heterocycles. The SMILES string of the molecule is COc1cc2ncnc(N=S(=O)(c3ccc(P(=O)(O)O)cc3)C(C)C)c2cc1OC. The van der Waals surface area contributed by atoms with Gasteiger partial charge in [0.2, 0.25) is 0 Å². The molecule has 1 atom stereocenters. The highest BCUT2D eigenvalue weighted by molar-refractivity contribution is 7.94. The lowest BCUT2D eigenvalue weighted by Gasteiger charge is -2.16. The largest absolute Gasteiger partial charge is 0.493 e. The van der Waals surface area contributed by atoms with Gasteiger partial charge in [0.25, 0.3) is 0 Å². The van der Waals surface area contributed by atoms with Crippen molar-refractivity contribution >= 4 is 39.4 Å². The number of hydrogen-bond acceptors (Lipinski definition) is 7. The first-order valence-electron chi connectivity index (χ1n) is 8.89. The molecule has 3 aromatic rings. The van der Waals surface area contributed by atoms with Gasteiger partial charge in [0.1, 0.15) is 6.33 Å². The lowest BCUT2D eigenvalue weighted by atomic mass is 10.2. The fourth-order valence-corrected chi connectivity index (χ4v) is 5.16. The number of rotatable bonds is 6. The molecule has 3 rings (SSSR count). The Hall–Kier alpha value is -2.52. The number of aromatic nitrogens is 2. The van der Waals surface area contributed by atoms with Crippen LogP contribution >= 0.6 is 7.60 Å². The van der Waals surface area contributed by atoms with E-state index in [-0.39, 0.29) is 11.1 Å². The van der Waals surface area contributed by atoms with Gasteiger partial charge in [0, 0.05) is 21.6 Å². The smallest absolute Gasteiger partial charge is 0.356 e. The Morgan fingerprint density at radius 2 is 1.63 bits per heavy atom. The highest BCUT2D eigenvalue weighted by Crippen LogP contribution is 2.36. The Bertz CT molecular complexity index is 1250. The standard InChI is InChI=1S/C19H22N3O6PS/c1-12(2)30(26,14-7-5-13(6-8-14)29(23,24)25)22-19-15-9-17(27-3)18(28-4)10-16(15)20-11-21-19/h5-12H,1-4H3,(H2,23,24,25). The summed E-state index contributed by atoms with van der Waals surface area (Å²) in [5.41, 5.74) is 0.545. The molecule has 0 amide bonds. The van der Waals surface area contributed by atoms with Crippen LogP contribution in [0.5, 0.6) is 11.5 Å². The molecule has 0 saturated heterocycles. The fourth-order valence-electron chi connectivity index (χ4n) is 2.84. The predicted molar refractivity (Wildman–Crippen MR) is 114 cm³/mol. The Kier molecular flexibility index (Phi) is 6.14. The molecule has 2 aromatic carbocycles. The number of benzene rings is 2. The van der Waals surface area contributed by atoms with Gasteiger partial charge >= 0.3 is 7.60 Å². The minimum Gasteiger partial charge on any atom is -0.493 e. The van der Waals surface area contributed by atoms with Crippen molar-refractivity contribution in [2.24, 2.45) is 4.36 Å². The number of methoxy groups -OCH3 is 2. The number of fused-ring (bicyclic) bond motifs is 1. The first-order chi connectivity index (χ1) is 14.1. The number of nitrogens with zero attached hydrogens (tertiary/aromatic N) is 3. The average Bonchev–Trinajstić information content (AvgIpc) is 2.72. The van der Waals surface area contributed by atoms with Gasteiger partial charge in [-0.1, -0.05) is 0 Å². The molecular weight excluding hydrogens is 429 g/mol. The van der Waals surface area contributed by atoms with E-state index in [1.165, 1.54) is 44.8 Å². The zero-order valence-corrected chi connectivity index (χ0v) is 18.6. The minimum absolute atomic E-state index is 0.152. The Balaban J connectivity index is 2.24. The third kappa shape index (κ3) is 4.17. The number of ether oxygens (including phenoxy) is 2. The lowest BCUT2D eigenvalue weighted by molar-refractivity contribution is 0.356. The molecule has 0 fully saturated rings. The van der Waals surface area contributed by atoms with Crippen molar-refractivity contribution in [3.8, 4) is 11.5 Å². The number of hydrogen-bond donors (Lipinski definition) is 2. The van der Waals surface area contributed by atoms with Gasteiger partial charge < -0.3 is 19.3 Å². The van der Waals surface area contributed by atoms with Crippen LogP contribution < -0.4 is 14.8 Å². The summed E-state index contributed by atoms with van der Waals surface area (Å²) < 4.78 is 40.4. The molecule has 1 unspecified atom stereocenters. The summed E-state index contributed by atoms with van der Waals surface area (Å²) in [7, 11) is -4.40. The van der Waals surface area contributed by atoms with Crippen LogP contribution in [-0.2, 0) is 14.3 Å². The quantitative estimate of drug-likeness (QED) is 0.547. The van der Waals surface area contributed by atoms with Gasteiger partial charge in [-0.2, -0.15) is 4.36 Å². The molecule has 2 N–H and O–H groups in total. The van der Waals surface area contributed by atoms with Crippen LogP contribution in [0.25, 0.3) is 10.9 Å². The van der Waals surface area contributed by atoms with E-state index >= 15 is 0 Å². The monoisotopic (exact) mass is 451 g/mol. The van der Waals surface area contributed by atoms with Crippen LogP contribution in [-0.4, -0.2) is 43.4 Å². The minimum atomic E-state index is -4.40. The van der Waals surface area contributed by atoms with Crippen LogP contribution in [0.3, 0.4) is 0 Å². The summed E-state index contributed by atoms with van der Waals surface area (Å²) in [5, 5.41) is -0.0139. The van der Waals surface area contributed by atoms with Gasteiger partial charge in [-0.05, 0) is 44.2 Å². The summed E-state index contributed by atoms with van der Waals surface area (Å²) in [6.07, 6.45) is 1.32. The molecule has 11 heteroatoms. The maximum Gasteiger partial charge on any atom is 0.356 e. The summed E-state index contributed by atoms with van der Waals surface area (Å²) in [5.74, 6) is 1.17. The van der Waals surface area contributed by atoms with Gasteiger partial charge in [0.15, 0.2) is 17.3 Å². The average molecular weight is 451 g/mol. The molecule has 0 saturated carbocycles. The highest BCUT2D eigenvalue weighted by atomic mass is 32.2. The molecule has 160 valence electrons. The van der Waals surface area contributed by atoms with Crippen molar-refractivity contribution in [2.45, 2.75) is 24.0 Å². The topological polar surface area (TPSA) is 131 Å². The summed E-state index contributed by atoms with van der Waals surface area (Å²) in [6, 6.07) is 8.73. The fraction of sp³-hybridized carbons (Fsp3) is 0.263. The third-order valence-corrected chi connectivity index (χ3v) is 8.13. The van der Waals surface area contributed by atoms with Gasteiger partial charge in [-0.15, -0.1) is 0 Å². The summed E-state index contributed by atoms with van der Waals surface area (Å²) in [6.45, 7) is 3.52. The van der Waals surface area contributed by atoms with Crippen molar-refractivity contribution in [3.63, 3.8) is 0 Å². The van der Waals surface area contributed by atoms with E-state index in [0.29, 0.717) is 27.3 Å². The van der Waals surface area contributed by atoms with Crippen LogP contribution in [0.4, 0.5) is 5.82 Å². The van der Waals surface area contributed by atoms with Crippen molar-refractivity contribution < 1.29 is 28.0 Å². The van der Waals surface area contributed by atoms with E-state index in [1.54, 1.807) is 26.0 Å². The molecule has 0 aliphatic carbocycles. The molecule has 0 bridgehead atoms. The van der Waals surface area contributed by atoms with Gasteiger partial charge in [-0.3, -0.25) is 4.57 Å². The Labute approximate surface area is 174 Å². The first kappa shape index (κ1) is 22.2. The predicted octanol–water partition coefficient (Wildman–Crippen LogP) is 3.02. The first-order valence-corrected chi connectivity index (χ1v) is 12.1. The van der Waals surface area contributed by atoms with Crippen molar-refractivity contribution in [1.82, 2.24) is 9.97 Å². The second-order valence-corrected chi connectivity index (χ2v) is 11.0. The van der Waals surface area contributed by atoms with Crippen molar-refractivity contribution in [2.75, 3.05) is 14.2 Å². The van der Waals surface area contributed by atoms with Crippen LogP contribution in [0.15, 0.2) is 52.0 Å². The zero-order valence-electron chi connectivity index (χ0n) is 16.8. The van der Waals surface area contributed by atoms with Crippen LogP contribution in [0.1, 0.15) is 13.8 Å². The molecule has 0 aliphatic rings. The molecule has 0 spiro atoms. The molecule has 1 aromatic heterocycles. The van der Waals surface area contributed by atoms with E-state index in [4.69, 9.17) is 9.47 Å². The van der Waals surface area contributed by atoms with E-state index < -0.39 is 22.6 Å². The highest BCUT2D eigenvalue weighted by Gasteiger charge is 2.22.